The van der Waals surface area contributed by atoms with Gasteiger partial charge in [-0.1, -0.05) is 5.16 Å². The van der Waals surface area contributed by atoms with Gasteiger partial charge in [-0.05, 0) is 13.8 Å². The number of nitrogens with zero attached hydrogens (tertiary/aromatic N) is 3. The molecule has 3 rings (SSSR count). The van der Waals surface area contributed by atoms with Crippen molar-refractivity contribution < 1.29 is 22.8 Å². The van der Waals surface area contributed by atoms with E-state index in [2.05, 4.69) is 5.16 Å². The number of hydrogen-bond acceptors (Lipinski definition) is 6. The zero-order valence-electron chi connectivity index (χ0n) is 12.0. The smallest absolute Gasteiger partial charge is 0.251 e. The minimum Gasteiger partial charge on any atom is -0.383 e. The van der Waals surface area contributed by atoms with Crippen LogP contribution in [0.5, 0.6) is 0 Å². The van der Waals surface area contributed by atoms with Crippen molar-refractivity contribution in [3.8, 4) is 0 Å². The number of likely N-dealkylation sites (tertiary alicyclic amines) is 1. The van der Waals surface area contributed by atoms with Gasteiger partial charge in [-0.3, -0.25) is 4.79 Å². The number of aliphatic hydroxyl groups is 1. The maximum atomic E-state index is 12.7. The van der Waals surface area contributed by atoms with Crippen molar-refractivity contribution in [2.75, 3.05) is 20.1 Å². The quantitative estimate of drug-likeness (QED) is 0.759. The molecule has 1 amide bonds. The Bertz CT molecular complexity index is 658. The van der Waals surface area contributed by atoms with Crippen LogP contribution in [0.15, 0.2) is 9.42 Å². The fraction of sp³-hybridized carbons (Fsp3) is 0.667. The van der Waals surface area contributed by atoms with Crippen molar-refractivity contribution in [1.82, 2.24) is 14.4 Å². The van der Waals surface area contributed by atoms with E-state index in [0.717, 1.165) is 0 Å². The van der Waals surface area contributed by atoms with E-state index in [0.29, 0.717) is 5.69 Å². The van der Waals surface area contributed by atoms with Crippen LogP contribution >= 0.6 is 0 Å². The Kier molecular flexibility index (Phi) is 3.12. The van der Waals surface area contributed by atoms with Crippen LogP contribution in [0.25, 0.3) is 0 Å². The number of rotatable bonds is 2. The number of amides is 1. The molecule has 1 aromatic rings. The second-order valence-electron chi connectivity index (χ2n) is 5.60. The second-order valence-corrected chi connectivity index (χ2v) is 7.48. The Balaban J connectivity index is 1.93. The monoisotopic (exact) mass is 315 g/mol. The van der Waals surface area contributed by atoms with Crippen LogP contribution in [-0.4, -0.2) is 66.1 Å². The van der Waals surface area contributed by atoms with Gasteiger partial charge in [-0.25, -0.2) is 8.42 Å². The van der Waals surface area contributed by atoms with Crippen molar-refractivity contribution in [3.63, 3.8) is 0 Å². The lowest BCUT2D eigenvalue weighted by atomic mass is 10.0. The summed E-state index contributed by atoms with van der Waals surface area (Å²) in [7, 11) is -2.15. The first-order chi connectivity index (χ1) is 9.75. The Morgan fingerprint density at radius 1 is 1.33 bits per heavy atom. The molecule has 1 N–H and O–H groups in total. The molecule has 0 aromatic carbocycles. The zero-order chi connectivity index (χ0) is 15.5. The number of hydrogen-bond donors (Lipinski definition) is 1. The normalized spacial score (nSPS) is 30.2. The molecule has 116 valence electrons. The van der Waals surface area contributed by atoms with Crippen LogP contribution in [0.3, 0.4) is 0 Å². The van der Waals surface area contributed by atoms with Crippen LogP contribution in [0.4, 0.5) is 0 Å². The van der Waals surface area contributed by atoms with Crippen molar-refractivity contribution in [3.05, 3.63) is 11.5 Å². The highest BCUT2D eigenvalue weighted by Gasteiger charge is 2.53. The Labute approximate surface area is 122 Å². The minimum absolute atomic E-state index is 0.0749. The molecule has 3 atom stereocenters. The molecule has 3 heterocycles. The third-order valence-electron chi connectivity index (χ3n) is 4.37. The Morgan fingerprint density at radius 2 is 2.00 bits per heavy atom. The second kappa shape index (κ2) is 4.52. The Hall–Kier alpha value is -1.45. The van der Waals surface area contributed by atoms with E-state index in [1.165, 1.54) is 9.21 Å². The predicted molar refractivity (Wildman–Crippen MR) is 70.8 cm³/mol. The average molecular weight is 315 g/mol. The van der Waals surface area contributed by atoms with Gasteiger partial charge in [-0.2, -0.15) is 4.31 Å². The van der Waals surface area contributed by atoms with E-state index < -0.39 is 22.0 Å². The number of aliphatic hydroxyl groups excluding tert-OH is 1. The van der Waals surface area contributed by atoms with Crippen LogP contribution in [0.2, 0.25) is 0 Å². The van der Waals surface area contributed by atoms with Crippen LogP contribution in [0.1, 0.15) is 11.5 Å². The number of likely N-dealkylation sites (N-methyl/N-ethyl adjacent to an activating group) is 1. The first-order valence-corrected chi connectivity index (χ1v) is 8.07. The van der Waals surface area contributed by atoms with Crippen molar-refractivity contribution in [1.29, 1.82) is 0 Å². The molecule has 0 aliphatic carbocycles. The molecule has 2 aliphatic heterocycles. The Morgan fingerprint density at radius 3 is 2.52 bits per heavy atom. The standard InChI is InChI=1S/C12H17N3O5S/c1-6-11(7(2)20-13-6)21(18,19)15-4-8-9(5-15)14(3)12(17)10(8)16/h8-10,16H,4-5H2,1-3H3/t8-,9+,10-/m0/s1. The van der Waals surface area contributed by atoms with Crippen molar-refractivity contribution in [2.24, 2.45) is 5.92 Å². The molecular formula is C12H17N3O5S. The summed E-state index contributed by atoms with van der Waals surface area (Å²) in [6, 6.07) is -0.289. The van der Waals surface area contributed by atoms with Crippen LogP contribution in [0, 0.1) is 19.8 Å². The number of sulfonamides is 1. The SMILES string of the molecule is Cc1noc(C)c1S(=O)(=O)N1C[C@@H]2[C@H](O)C(=O)N(C)[C@@H]2C1. The van der Waals surface area contributed by atoms with Gasteiger partial charge in [0.05, 0.1) is 6.04 Å². The number of carbonyl (C=O) groups excluding carboxylic acids is 1. The zero-order valence-corrected chi connectivity index (χ0v) is 12.8. The molecule has 8 nitrogen and oxygen atoms in total. The molecule has 1 aromatic heterocycles. The highest BCUT2D eigenvalue weighted by atomic mass is 32.2. The maximum Gasteiger partial charge on any atom is 0.251 e. The number of fused-ring (bicyclic) bond motifs is 1. The third-order valence-corrected chi connectivity index (χ3v) is 6.45. The van der Waals surface area contributed by atoms with Gasteiger partial charge in [-0.15, -0.1) is 0 Å². The summed E-state index contributed by atoms with van der Waals surface area (Å²) in [6.45, 7) is 3.42. The molecule has 0 bridgehead atoms. The van der Waals surface area contributed by atoms with E-state index in [9.17, 15) is 18.3 Å². The van der Waals surface area contributed by atoms with E-state index in [4.69, 9.17) is 4.52 Å². The van der Waals surface area contributed by atoms with Crippen molar-refractivity contribution in [2.45, 2.75) is 30.9 Å². The lowest BCUT2D eigenvalue weighted by Crippen LogP contribution is -2.38. The maximum absolute atomic E-state index is 12.7. The first-order valence-electron chi connectivity index (χ1n) is 6.63. The van der Waals surface area contributed by atoms with Crippen molar-refractivity contribution >= 4 is 15.9 Å². The molecule has 0 unspecified atom stereocenters. The summed E-state index contributed by atoms with van der Waals surface area (Å²) >= 11 is 0. The fourth-order valence-corrected chi connectivity index (χ4v) is 5.01. The molecule has 21 heavy (non-hydrogen) atoms. The van der Waals surface area contributed by atoms with Crippen LogP contribution in [-0.2, 0) is 14.8 Å². The molecule has 0 radical (unpaired) electrons. The predicted octanol–water partition coefficient (Wildman–Crippen LogP) is -0.887. The van der Waals surface area contributed by atoms with Gasteiger partial charge < -0.3 is 14.5 Å². The third kappa shape index (κ3) is 1.91. The van der Waals surface area contributed by atoms with Gasteiger partial charge in [0.2, 0.25) is 10.0 Å². The minimum atomic E-state index is -3.74. The molecule has 2 fully saturated rings. The largest absolute Gasteiger partial charge is 0.383 e. The lowest BCUT2D eigenvalue weighted by molar-refractivity contribution is -0.134. The highest BCUT2D eigenvalue weighted by Crippen LogP contribution is 2.35. The van der Waals surface area contributed by atoms with Gasteiger partial charge >= 0.3 is 0 Å². The molecule has 0 saturated carbocycles. The van der Waals surface area contributed by atoms with E-state index >= 15 is 0 Å². The van der Waals surface area contributed by atoms with Crippen LogP contribution < -0.4 is 0 Å². The molecule has 9 heteroatoms. The topological polar surface area (TPSA) is 104 Å². The summed E-state index contributed by atoms with van der Waals surface area (Å²) < 4.78 is 31.6. The molecule has 0 spiro atoms. The van der Waals surface area contributed by atoms with Gasteiger partial charge in [0.25, 0.3) is 5.91 Å². The van der Waals surface area contributed by atoms with Gasteiger partial charge in [0, 0.05) is 26.1 Å². The van der Waals surface area contributed by atoms with Gasteiger partial charge in [0.15, 0.2) is 5.76 Å². The van der Waals surface area contributed by atoms with Gasteiger partial charge in [0.1, 0.15) is 16.7 Å². The highest BCUT2D eigenvalue weighted by molar-refractivity contribution is 7.89. The number of aryl methyl sites for hydroxylation is 2. The number of carbonyl (C=O) groups is 1. The molecule has 2 saturated heterocycles. The molecule has 2 aliphatic rings. The summed E-state index contributed by atoms with van der Waals surface area (Å²) in [6.07, 6.45) is -1.13. The summed E-state index contributed by atoms with van der Waals surface area (Å²) in [5.41, 5.74) is 0.314. The van der Waals surface area contributed by atoms with E-state index in [1.54, 1.807) is 20.9 Å². The van der Waals surface area contributed by atoms with E-state index in [1.807, 2.05) is 0 Å². The number of aromatic nitrogens is 1. The molecular weight excluding hydrogens is 298 g/mol. The average Bonchev–Trinajstić information content (AvgIpc) is 3.05. The lowest BCUT2D eigenvalue weighted by Gasteiger charge is -2.20. The van der Waals surface area contributed by atoms with E-state index in [-0.39, 0.29) is 35.7 Å². The fourth-order valence-electron chi connectivity index (χ4n) is 3.22. The summed E-state index contributed by atoms with van der Waals surface area (Å²) in [5, 5.41) is 13.6. The first kappa shape index (κ1) is 14.5. The summed E-state index contributed by atoms with van der Waals surface area (Å²) in [4.78, 5) is 13.2. The summed E-state index contributed by atoms with van der Waals surface area (Å²) in [5.74, 6) is -0.494.